The van der Waals surface area contributed by atoms with Crippen LogP contribution in [-0.2, 0) is 0 Å². The van der Waals surface area contributed by atoms with Crippen LogP contribution in [0.15, 0.2) is 30.3 Å². The first-order chi connectivity index (χ1) is 8.91. The van der Waals surface area contributed by atoms with Crippen LogP contribution in [-0.4, -0.2) is 0 Å². The van der Waals surface area contributed by atoms with Gasteiger partial charge in [-0.05, 0) is 23.8 Å². The second-order valence-corrected chi connectivity index (χ2v) is 4.73. The normalized spacial score (nSPS) is 12.5. The summed E-state index contributed by atoms with van der Waals surface area (Å²) < 4.78 is 39.6. The van der Waals surface area contributed by atoms with E-state index in [9.17, 15) is 13.2 Å². The first-order valence-corrected chi connectivity index (χ1v) is 6.01. The molecule has 0 saturated carbocycles. The average Bonchev–Trinajstić information content (AvgIpc) is 2.39. The molecule has 2 rings (SSSR count). The van der Waals surface area contributed by atoms with Crippen molar-refractivity contribution in [2.24, 2.45) is 5.73 Å². The number of halogens is 5. The lowest BCUT2D eigenvalue weighted by molar-refractivity contribution is 0.438. The standard InChI is InChI=1S/C13H8Cl2F3N/c14-8-3-1-6(5-9(8)15)13(19)7-2-4-10(16)12(18)11(7)17/h1-5,13H,19H2. The van der Waals surface area contributed by atoms with Crippen LogP contribution in [0, 0.1) is 17.5 Å². The summed E-state index contributed by atoms with van der Waals surface area (Å²) in [5.74, 6) is -4.12. The van der Waals surface area contributed by atoms with Crippen LogP contribution in [0.4, 0.5) is 13.2 Å². The van der Waals surface area contributed by atoms with E-state index in [1.807, 2.05) is 0 Å². The summed E-state index contributed by atoms with van der Waals surface area (Å²) in [6.45, 7) is 0. The second kappa shape index (κ2) is 5.41. The molecule has 0 aromatic heterocycles. The molecule has 2 aromatic rings. The molecule has 2 N–H and O–H groups in total. The zero-order valence-electron chi connectivity index (χ0n) is 9.43. The Hall–Kier alpha value is -1.23. The Morgan fingerprint density at radius 2 is 1.58 bits per heavy atom. The molecule has 0 bridgehead atoms. The van der Waals surface area contributed by atoms with Crippen molar-refractivity contribution in [3.8, 4) is 0 Å². The van der Waals surface area contributed by atoms with E-state index < -0.39 is 23.5 Å². The maximum atomic E-state index is 13.6. The van der Waals surface area contributed by atoms with Crippen LogP contribution in [0.1, 0.15) is 17.2 Å². The van der Waals surface area contributed by atoms with Crippen molar-refractivity contribution in [1.29, 1.82) is 0 Å². The third-order valence-corrected chi connectivity index (χ3v) is 3.44. The lowest BCUT2D eigenvalue weighted by atomic mass is 9.99. The molecule has 2 aromatic carbocycles. The molecule has 0 amide bonds. The SMILES string of the molecule is NC(c1ccc(Cl)c(Cl)c1)c1ccc(F)c(F)c1F. The molecule has 1 nitrogen and oxygen atoms in total. The quantitative estimate of drug-likeness (QED) is 0.815. The van der Waals surface area contributed by atoms with Crippen molar-refractivity contribution in [1.82, 2.24) is 0 Å². The van der Waals surface area contributed by atoms with Crippen LogP contribution < -0.4 is 5.73 Å². The van der Waals surface area contributed by atoms with Crippen molar-refractivity contribution < 1.29 is 13.2 Å². The molecule has 0 aliphatic rings. The summed E-state index contributed by atoms with van der Waals surface area (Å²) in [5.41, 5.74) is 6.11. The highest BCUT2D eigenvalue weighted by Crippen LogP contribution is 2.29. The lowest BCUT2D eigenvalue weighted by Gasteiger charge is -2.14. The summed E-state index contributed by atoms with van der Waals surface area (Å²) >= 11 is 11.6. The molecule has 0 aliphatic heterocycles. The van der Waals surface area contributed by atoms with Crippen molar-refractivity contribution in [2.45, 2.75) is 6.04 Å². The summed E-state index contributed by atoms with van der Waals surface area (Å²) in [4.78, 5) is 0. The smallest absolute Gasteiger partial charge is 0.194 e. The summed E-state index contributed by atoms with van der Waals surface area (Å²) in [5, 5.41) is 0.570. The van der Waals surface area contributed by atoms with Crippen LogP contribution in [0.5, 0.6) is 0 Å². The first-order valence-electron chi connectivity index (χ1n) is 5.25. The van der Waals surface area contributed by atoms with Crippen molar-refractivity contribution in [3.63, 3.8) is 0 Å². The van der Waals surface area contributed by atoms with Crippen molar-refractivity contribution >= 4 is 23.2 Å². The molecule has 1 unspecified atom stereocenters. The Bertz CT molecular complexity index is 632. The number of hydrogen-bond donors (Lipinski definition) is 1. The highest BCUT2D eigenvalue weighted by molar-refractivity contribution is 6.42. The number of benzene rings is 2. The zero-order valence-corrected chi connectivity index (χ0v) is 10.9. The monoisotopic (exact) mass is 305 g/mol. The predicted molar refractivity (Wildman–Crippen MR) is 68.8 cm³/mol. The molecule has 0 aliphatic carbocycles. The molecule has 0 spiro atoms. The highest BCUT2D eigenvalue weighted by Gasteiger charge is 2.19. The third kappa shape index (κ3) is 2.71. The van der Waals surface area contributed by atoms with Gasteiger partial charge in [-0.15, -0.1) is 0 Å². The van der Waals surface area contributed by atoms with E-state index in [0.29, 0.717) is 10.6 Å². The van der Waals surface area contributed by atoms with Gasteiger partial charge in [-0.1, -0.05) is 35.3 Å². The molecule has 0 radical (unpaired) electrons. The van der Waals surface area contributed by atoms with E-state index in [-0.39, 0.29) is 10.6 Å². The summed E-state index contributed by atoms with van der Waals surface area (Å²) in [6.07, 6.45) is 0. The fourth-order valence-electron chi connectivity index (χ4n) is 1.67. The maximum Gasteiger partial charge on any atom is 0.194 e. The molecule has 19 heavy (non-hydrogen) atoms. The summed E-state index contributed by atoms with van der Waals surface area (Å²) in [7, 11) is 0. The Labute approximate surface area is 117 Å². The van der Waals surface area contributed by atoms with Crippen LogP contribution in [0.25, 0.3) is 0 Å². The van der Waals surface area contributed by atoms with Crippen LogP contribution in [0.2, 0.25) is 10.0 Å². The van der Waals surface area contributed by atoms with Crippen LogP contribution in [0.3, 0.4) is 0 Å². The molecule has 0 saturated heterocycles. The molecular weight excluding hydrogens is 298 g/mol. The zero-order chi connectivity index (χ0) is 14.2. The van der Waals surface area contributed by atoms with Gasteiger partial charge >= 0.3 is 0 Å². The number of rotatable bonds is 2. The molecule has 0 heterocycles. The van der Waals surface area contributed by atoms with Crippen LogP contribution >= 0.6 is 23.2 Å². The predicted octanol–water partition coefficient (Wildman–Crippen LogP) is 4.46. The van der Waals surface area contributed by atoms with E-state index in [2.05, 4.69) is 0 Å². The van der Waals surface area contributed by atoms with Gasteiger partial charge in [0.2, 0.25) is 0 Å². The van der Waals surface area contributed by atoms with Gasteiger partial charge < -0.3 is 5.73 Å². The minimum absolute atomic E-state index is 0.155. The average molecular weight is 306 g/mol. The molecule has 1 atom stereocenters. The Morgan fingerprint density at radius 1 is 0.895 bits per heavy atom. The topological polar surface area (TPSA) is 26.0 Å². The van der Waals surface area contributed by atoms with Crippen molar-refractivity contribution in [2.75, 3.05) is 0 Å². The summed E-state index contributed by atoms with van der Waals surface area (Å²) in [6, 6.07) is 5.45. The molecule has 6 heteroatoms. The lowest BCUT2D eigenvalue weighted by Crippen LogP contribution is -2.15. The van der Waals surface area contributed by atoms with E-state index in [1.165, 1.54) is 12.1 Å². The van der Waals surface area contributed by atoms with Gasteiger partial charge in [0.15, 0.2) is 17.5 Å². The van der Waals surface area contributed by atoms with Gasteiger partial charge in [0, 0.05) is 5.56 Å². The third-order valence-electron chi connectivity index (χ3n) is 2.70. The van der Waals surface area contributed by atoms with Gasteiger partial charge in [0.25, 0.3) is 0 Å². The van der Waals surface area contributed by atoms with Gasteiger partial charge in [-0.25, -0.2) is 13.2 Å². The highest BCUT2D eigenvalue weighted by atomic mass is 35.5. The van der Waals surface area contributed by atoms with E-state index in [1.54, 1.807) is 6.07 Å². The Kier molecular flexibility index (Phi) is 4.04. The number of hydrogen-bond acceptors (Lipinski definition) is 1. The van der Waals surface area contributed by atoms with E-state index in [0.717, 1.165) is 12.1 Å². The molecular formula is C13H8Cl2F3N. The van der Waals surface area contributed by atoms with E-state index in [4.69, 9.17) is 28.9 Å². The van der Waals surface area contributed by atoms with Gasteiger partial charge in [0.1, 0.15) is 0 Å². The van der Waals surface area contributed by atoms with Gasteiger partial charge in [-0.2, -0.15) is 0 Å². The minimum atomic E-state index is -1.55. The number of nitrogens with two attached hydrogens (primary N) is 1. The second-order valence-electron chi connectivity index (χ2n) is 3.92. The molecule has 0 fully saturated rings. The Morgan fingerprint density at radius 3 is 2.21 bits per heavy atom. The minimum Gasteiger partial charge on any atom is -0.320 e. The van der Waals surface area contributed by atoms with Crippen molar-refractivity contribution in [3.05, 3.63) is 69.0 Å². The van der Waals surface area contributed by atoms with Gasteiger partial charge in [0.05, 0.1) is 16.1 Å². The largest absolute Gasteiger partial charge is 0.320 e. The first kappa shape index (κ1) is 14.2. The van der Waals surface area contributed by atoms with E-state index >= 15 is 0 Å². The molecule has 100 valence electrons. The maximum absolute atomic E-state index is 13.6. The fourth-order valence-corrected chi connectivity index (χ4v) is 1.97. The Balaban J connectivity index is 2.47. The van der Waals surface area contributed by atoms with Gasteiger partial charge in [-0.3, -0.25) is 0 Å². The fraction of sp³-hybridized carbons (Fsp3) is 0.0769.